The Morgan fingerprint density at radius 3 is 2.55 bits per heavy atom. The number of phosphoric ester groups is 1. The fourth-order valence-corrected chi connectivity index (χ4v) is 5.69. The predicted octanol–water partition coefficient (Wildman–Crippen LogP) is -1.31. The molecule has 3 heterocycles. The first-order valence-corrected chi connectivity index (χ1v) is 12.5. The van der Waals surface area contributed by atoms with Crippen molar-refractivity contribution in [1.82, 2.24) is 19.5 Å². The number of hydrogen-bond acceptors (Lipinski definition) is 12. The van der Waals surface area contributed by atoms with Gasteiger partial charge < -0.3 is 35.2 Å². The van der Waals surface area contributed by atoms with Gasteiger partial charge in [-0.05, 0) is 0 Å². The second-order valence-electron chi connectivity index (χ2n) is 6.09. The van der Waals surface area contributed by atoms with Gasteiger partial charge in [0.25, 0.3) is 5.56 Å². The fourth-order valence-electron chi connectivity index (χ4n) is 2.66. The van der Waals surface area contributed by atoms with Gasteiger partial charge in [0.15, 0.2) is 11.2 Å². The minimum absolute atomic E-state index is 0.0481. The predicted molar refractivity (Wildman–Crippen MR) is 96.9 cm³/mol. The van der Waals surface area contributed by atoms with Gasteiger partial charge in [0.1, 0.15) is 12.3 Å². The van der Waals surface area contributed by atoms with Crippen LogP contribution in [0, 0.1) is 0 Å². The highest BCUT2D eigenvalue weighted by atomic mass is 31.3. The van der Waals surface area contributed by atoms with E-state index in [0.29, 0.717) is 0 Å². The molecule has 0 radical (unpaired) electrons. The van der Waals surface area contributed by atoms with Crippen LogP contribution in [-0.4, -0.2) is 63.0 Å². The van der Waals surface area contributed by atoms with E-state index in [-0.39, 0.29) is 23.5 Å². The summed E-state index contributed by atoms with van der Waals surface area (Å²) < 4.78 is 52.1. The standard InChI is InChI=1S/C10H16N5O13P3/c11-10-13-8-7(9(17)14-10)12-3-15(8)6-1-4(16)5(26-6)2-25-30(21,22)28-31(23,24)27-29(18,19)20/h3-6,16H,1-2H2,(H,21,22)(H,23,24)(H2,18,19,20)(H3,11,13,14,17)/t4-,5-,6-/m1/s1/i1+1,2+1,3+1,4+1,5+1,6+1,7+1,8+1,9+1,10+1. The van der Waals surface area contributed by atoms with Crippen molar-refractivity contribution in [2.24, 2.45) is 0 Å². The van der Waals surface area contributed by atoms with Gasteiger partial charge in [-0.25, -0.2) is 18.7 Å². The Bertz CT molecular complexity index is 1170. The maximum absolute atomic E-state index is 11.8. The number of ether oxygens (including phenoxy) is 1. The first-order chi connectivity index (χ1) is 14.2. The molecule has 1 aliphatic heterocycles. The summed E-state index contributed by atoms with van der Waals surface area (Å²) in [5.41, 5.74) is 4.89. The number of aromatic nitrogens is 4. The first kappa shape index (κ1) is 24.1. The maximum atomic E-state index is 11.8. The average molecular weight is 517 g/mol. The molecule has 5 atom stereocenters. The van der Waals surface area contributed by atoms with E-state index >= 15 is 0 Å². The summed E-state index contributed by atoms with van der Waals surface area (Å²) >= 11 is 0. The maximum Gasteiger partial charge on any atom is 0.490 e. The lowest BCUT2D eigenvalue weighted by Crippen LogP contribution is -2.26. The van der Waals surface area contributed by atoms with E-state index in [1.807, 2.05) is 0 Å². The molecule has 0 saturated carbocycles. The molecule has 2 aromatic rings. The number of aromatic amines is 1. The molecule has 0 aliphatic carbocycles. The number of hydrogen-bond donors (Lipinski definition) is 7. The third kappa shape index (κ3) is 6.04. The van der Waals surface area contributed by atoms with E-state index in [2.05, 4.69) is 28.1 Å². The number of phosphoric acid groups is 3. The van der Waals surface area contributed by atoms with Gasteiger partial charge in [0.2, 0.25) is 5.95 Å². The van der Waals surface area contributed by atoms with Crippen molar-refractivity contribution >= 4 is 40.6 Å². The number of aliphatic hydroxyl groups is 1. The van der Waals surface area contributed by atoms with Crippen molar-refractivity contribution < 1.29 is 56.3 Å². The summed E-state index contributed by atoms with van der Waals surface area (Å²) in [5, 5.41) is 10.1. The van der Waals surface area contributed by atoms with Crippen molar-refractivity contribution in [3.63, 3.8) is 0 Å². The quantitative estimate of drug-likeness (QED) is 0.158. The molecule has 31 heavy (non-hydrogen) atoms. The monoisotopic (exact) mass is 517 g/mol. The number of imidazole rings is 1. The Kier molecular flexibility index (Phi) is 6.57. The molecule has 1 fully saturated rings. The van der Waals surface area contributed by atoms with E-state index in [4.69, 9.17) is 25.2 Å². The van der Waals surface area contributed by atoms with Crippen LogP contribution < -0.4 is 11.3 Å². The SMILES string of the molecule is N[13c]1n[13c]2[13c](n[13cH]n2[13C@H]2[13CH2][13C@@H](O)[13C@@H]([13CH2]OP(=O)(O)OP(=O)(O)OP(=O)(O)O)O2)[13c](=O)[nH]1. The van der Waals surface area contributed by atoms with E-state index in [1.54, 1.807) is 0 Å². The Balaban J connectivity index is 1.67. The Labute approximate surface area is 171 Å². The topological polar surface area (TPSA) is 279 Å². The van der Waals surface area contributed by atoms with Crippen LogP contribution in [0.15, 0.2) is 11.1 Å². The molecule has 2 aromatic heterocycles. The number of nitrogens with two attached hydrogens (primary N) is 1. The van der Waals surface area contributed by atoms with Crippen LogP contribution >= 0.6 is 23.5 Å². The van der Waals surface area contributed by atoms with E-state index < -0.39 is 54.1 Å². The van der Waals surface area contributed by atoms with Crippen LogP contribution in [0.25, 0.3) is 11.2 Å². The lowest BCUT2D eigenvalue weighted by Gasteiger charge is -2.19. The molecule has 8 N–H and O–H groups in total. The van der Waals surface area contributed by atoms with Crippen molar-refractivity contribution in [3.8, 4) is 0 Å². The Morgan fingerprint density at radius 2 is 1.90 bits per heavy atom. The minimum atomic E-state index is -5.67. The molecule has 21 heteroatoms. The zero-order valence-corrected chi connectivity index (χ0v) is 17.7. The minimum Gasteiger partial charge on any atom is -0.390 e. The zero-order valence-electron chi connectivity index (χ0n) is 15.0. The number of fused-ring (bicyclic) bond motifs is 1. The van der Waals surface area contributed by atoms with Crippen molar-refractivity contribution in [2.45, 2.75) is 24.9 Å². The Morgan fingerprint density at radius 1 is 1.23 bits per heavy atom. The summed E-state index contributed by atoms with van der Waals surface area (Å²) in [6.07, 6.45) is -2.36. The highest BCUT2D eigenvalue weighted by Gasteiger charge is 2.43. The van der Waals surface area contributed by atoms with Crippen LogP contribution in [0.3, 0.4) is 0 Å². The molecule has 0 spiro atoms. The summed E-state index contributed by atoms with van der Waals surface area (Å²) in [4.78, 5) is 57.5. The van der Waals surface area contributed by atoms with Gasteiger partial charge >= 0.3 is 23.5 Å². The lowest BCUT2D eigenvalue weighted by molar-refractivity contribution is -0.0423. The number of nitrogens with zero attached hydrogens (tertiary/aromatic N) is 3. The van der Waals surface area contributed by atoms with Crippen LogP contribution in [0.2, 0.25) is 0 Å². The third-order valence-corrected chi connectivity index (χ3v) is 7.59. The fraction of sp³-hybridized carbons (Fsp3) is 0.500. The second-order valence-corrected chi connectivity index (χ2v) is 10.5. The van der Waals surface area contributed by atoms with Gasteiger partial charge in [0.05, 0.1) is 19.0 Å². The highest BCUT2D eigenvalue weighted by molar-refractivity contribution is 7.66. The van der Waals surface area contributed by atoms with Gasteiger partial charge in [0, 0.05) is 6.42 Å². The van der Waals surface area contributed by atoms with E-state index in [0.717, 1.165) is 0 Å². The van der Waals surface area contributed by atoms with E-state index in [1.165, 1.54) is 10.9 Å². The van der Waals surface area contributed by atoms with Gasteiger partial charge in [-0.15, -0.1) is 0 Å². The van der Waals surface area contributed by atoms with Crippen molar-refractivity contribution in [2.75, 3.05) is 12.3 Å². The summed E-state index contributed by atoms with van der Waals surface area (Å²) in [6, 6.07) is 0. The summed E-state index contributed by atoms with van der Waals surface area (Å²) in [6.45, 7) is -0.843. The average Bonchev–Trinajstić information content (AvgIpc) is 3.13. The Hall–Kier alpha value is -1.52. The third-order valence-electron chi connectivity index (χ3n) is 3.78. The molecular weight excluding hydrogens is 501 g/mol. The smallest absolute Gasteiger partial charge is 0.390 e. The van der Waals surface area contributed by atoms with Crippen LogP contribution in [-0.2, 0) is 31.6 Å². The van der Waals surface area contributed by atoms with Gasteiger partial charge in [-0.2, -0.15) is 13.6 Å². The molecule has 1 saturated heterocycles. The first-order valence-electron chi connectivity index (χ1n) is 8.00. The molecule has 0 aromatic carbocycles. The molecule has 0 bridgehead atoms. The highest BCUT2D eigenvalue weighted by Crippen LogP contribution is 2.66. The molecule has 18 nitrogen and oxygen atoms in total. The van der Waals surface area contributed by atoms with Crippen LogP contribution in [0.1, 0.15) is 12.6 Å². The number of nitrogens with one attached hydrogen (secondary N) is 1. The molecule has 2 unspecified atom stereocenters. The molecule has 0 amide bonds. The molecular formula is C10H16N5O13P3. The second kappa shape index (κ2) is 8.44. The number of rotatable bonds is 8. The van der Waals surface area contributed by atoms with Gasteiger partial charge in [-0.1, -0.05) is 0 Å². The normalized spacial score (nSPS) is 26.0. The summed E-state index contributed by atoms with van der Waals surface area (Å²) in [7, 11) is -16.6. The number of H-pyrrole nitrogens is 1. The number of aliphatic hydroxyl groups excluding tert-OH is 1. The van der Waals surface area contributed by atoms with E-state index in [9.17, 15) is 28.5 Å². The molecule has 3 rings (SSSR count). The van der Waals surface area contributed by atoms with Crippen LogP contribution in [0.4, 0.5) is 5.95 Å². The van der Waals surface area contributed by atoms with Crippen LogP contribution in [0.5, 0.6) is 0 Å². The zero-order chi connectivity index (χ0) is 23.2. The number of nitrogen functional groups attached to an aromatic ring is 1. The summed E-state index contributed by atoms with van der Waals surface area (Å²) in [5.74, 6) is -0.193. The van der Waals surface area contributed by atoms with Crippen molar-refractivity contribution in [1.29, 1.82) is 0 Å². The number of anilines is 1. The van der Waals surface area contributed by atoms with Gasteiger partial charge in [-0.3, -0.25) is 18.9 Å². The molecule has 174 valence electrons. The molecule has 1 aliphatic rings. The lowest BCUT2D eigenvalue weighted by atomic mass is 11.1. The largest absolute Gasteiger partial charge is 0.490 e. The van der Waals surface area contributed by atoms with Crippen molar-refractivity contribution in [3.05, 3.63) is 16.7 Å².